The van der Waals surface area contributed by atoms with Gasteiger partial charge in [-0.05, 0) is 18.6 Å². The molecule has 1 N–H and O–H groups in total. The van der Waals surface area contributed by atoms with E-state index in [1.807, 2.05) is 0 Å². The Hall–Kier alpha value is -1.13. The van der Waals surface area contributed by atoms with Crippen molar-refractivity contribution in [3.05, 3.63) is 29.6 Å². The van der Waals surface area contributed by atoms with E-state index >= 15 is 0 Å². The molecule has 1 aromatic carbocycles. The summed E-state index contributed by atoms with van der Waals surface area (Å²) in [5.74, 6) is -0.243. The van der Waals surface area contributed by atoms with Crippen molar-refractivity contribution >= 4 is 0 Å². The van der Waals surface area contributed by atoms with Crippen molar-refractivity contribution in [2.75, 3.05) is 20.8 Å². The highest BCUT2D eigenvalue weighted by Gasteiger charge is 2.23. The van der Waals surface area contributed by atoms with Gasteiger partial charge in [0.1, 0.15) is 0 Å². The molecule has 1 atom stereocenters. The lowest BCUT2D eigenvalue weighted by atomic mass is 9.97. The van der Waals surface area contributed by atoms with Crippen LogP contribution in [0.2, 0.25) is 0 Å². The minimum atomic E-state index is -1.08. The number of hydrogen-bond donors (Lipinski definition) is 1. The average molecular weight is 228 g/mol. The quantitative estimate of drug-likeness (QED) is 0.834. The molecule has 1 rings (SSSR count). The van der Waals surface area contributed by atoms with E-state index in [-0.39, 0.29) is 18.8 Å². The molecule has 0 amide bonds. The van der Waals surface area contributed by atoms with Gasteiger partial charge in [-0.3, -0.25) is 0 Å². The molecule has 16 heavy (non-hydrogen) atoms. The third-order valence-corrected chi connectivity index (χ3v) is 2.29. The molecule has 3 nitrogen and oxygen atoms in total. The maximum Gasteiger partial charge on any atom is 0.168 e. The molecular weight excluding hydrogens is 211 g/mol. The Morgan fingerprint density at radius 2 is 2.06 bits per heavy atom. The van der Waals surface area contributed by atoms with Crippen LogP contribution in [0, 0.1) is 5.82 Å². The lowest BCUT2D eigenvalue weighted by molar-refractivity contribution is -0.0166. The third kappa shape index (κ3) is 3.18. The second-order valence-corrected chi connectivity index (χ2v) is 4.04. The minimum Gasteiger partial charge on any atom is -0.494 e. The predicted octanol–water partition coefficient (Wildman–Crippen LogP) is 1.77. The van der Waals surface area contributed by atoms with Gasteiger partial charge in [0.25, 0.3) is 0 Å². The summed E-state index contributed by atoms with van der Waals surface area (Å²) in [4.78, 5) is 0. The van der Waals surface area contributed by atoms with Crippen LogP contribution in [0.5, 0.6) is 5.75 Å². The molecule has 90 valence electrons. The van der Waals surface area contributed by atoms with Crippen molar-refractivity contribution in [1.29, 1.82) is 0 Å². The van der Waals surface area contributed by atoms with Crippen molar-refractivity contribution in [2.45, 2.75) is 18.9 Å². The first-order valence-electron chi connectivity index (χ1n) is 5.03. The zero-order valence-electron chi connectivity index (χ0n) is 9.79. The summed E-state index contributed by atoms with van der Waals surface area (Å²) < 4.78 is 23.5. The van der Waals surface area contributed by atoms with Crippen LogP contribution in [0.4, 0.5) is 4.39 Å². The van der Waals surface area contributed by atoms with Crippen LogP contribution < -0.4 is 4.74 Å². The van der Waals surface area contributed by atoms with Gasteiger partial charge in [-0.15, -0.1) is 0 Å². The van der Waals surface area contributed by atoms with Crippen LogP contribution in [-0.4, -0.2) is 31.5 Å². The Morgan fingerprint density at radius 1 is 1.38 bits per heavy atom. The van der Waals surface area contributed by atoms with Crippen LogP contribution in [0.1, 0.15) is 12.5 Å². The van der Waals surface area contributed by atoms with Gasteiger partial charge >= 0.3 is 0 Å². The van der Waals surface area contributed by atoms with E-state index in [1.54, 1.807) is 25.1 Å². The third-order valence-electron chi connectivity index (χ3n) is 2.29. The lowest BCUT2D eigenvalue weighted by Crippen LogP contribution is -2.33. The van der Waals surface area contributed by atoms with Crippen molar-refractivity contribution < 1.29 is 19.0 Å². The standard InChI is InChI=1S/C12H17FO3/c1-12(14,8-15-2)7-9-5-4-6-10(16-3)11(9)13/h4-6,14H,7-8H2,1-3H3. The number of hydrogen-bond acceptors (Lipinski definition) is 3. The highest BCUT2D eigenvalue weighted by Crippen LogP contribution is 2.23. The maximum atomic E-state index is 13.8. The van der Waals surface area contributed by atoms with Crippen LogP contribution in [0.25, 0.3) is 0 Å². The highest BCUT2D eigenvalue weighted by atomic mass is 19.1. The molecule has 1 unspecified atom stereocenters. The molecule has 0 fully saturated rings. The fourth-order valence-corrected chi connectivity index (χ4v) is 1.62. The Morgan fingerprint density at radius 3 is 2.62 bits per heavy atom. The molecule has 4 heteroatoms. The molecule has 0 saturated carbocycles. The van der Waals surface area contributed by atoms with Crippen LogP contribution in [0.15, 0.2) is 18.2 Å². The Bertz CT molecular complexity index is 350. The Labute approximate surface area is 94.8 Å². The largest absolute Gasteiger partial charge is 0.494 e. The number of methoxy groups -OCH3 is 2. The van der Waals surface area contributed by atoms with Gasteiger partial charge in [0.15, 0.2) is 11.6 Å². The molecule has 0 bridgehead atoms. The van der Waals surface area contributed by atoms with Crippen LogP contribution >= 0.6 is 0 Å². The number of rotatable bonds is 5. The highest BCUT2D eigenvalue weighted by molar-refractivity contribution is 5.31. The molecule has 0 spiro atoms. The predicted molar refractivity (Wildman–Crippen MR) is 59.2 cm³/mol. The second-order valence-electron chi connectivity index (χ2n) is 4.04. The zero-order chi connectivity index (χ0) is 12.2. The van der Waals surface area contributed by atoms with Gasteiger partial charge in [0.2, 0.25) is 0 Å². The lowest BCUT2D eigenvalue weighted by Gasteiger charge is -2.22. The van der Waals surface area contributed by atoms with Gasteiger partial charge < -0.3 is 14.6 Å². The SMILES string of the molecule is COCC(C)(O)Cc1cccc(OC)c1F. The summed E-state index contributed by atoms with van der Waals surface area (Å²) in [6, 6.07) is 4.87. The first-order chi connectivity index (χ1) is 7.50. The Kier molecular flexibility index (Phi) is 4.26. The second kappa shape index (κ2) is 5.27. The first kappa shape index (κ1) is 12.9. The molecule has 0 aliphatic rings. The molecule has 0 heterocycles. The van der Waals surface area contributed by atoms with Gasteiger partial charge in [-0.25, -0.2) is 4.39 Å². The summed E-state index contributed by atoms with van der Waals surface area (Å²) in [6.45, 7) is 1.76. The van der Waals surface area contributed by atoms with Crippen LogP contribution in [-0.2, 0) is 11.2 Å². The van der Waals surface area contributed by atoms with Crippen molar-refractivity contribution in [2.24, 2.45) is 0 Å². The minimum absolute atomic E-state index is 0.156. The molecule has 0 aliphatic carbocycles. The van der Waals surface area contributed by atoms with Gasteiger partial charge in [-0.2, -0.15) is 0 Å². The molecule has 0 saturated heterocycles. The normalized spacial score (nSPS) is 14.6. The molecular formula is C12H17FO3. The number of halogens is 1. The molecule has 0 aromatic heterocycles. The van der Waals surface area contributed by atoms with E-state index in [4.69, 9.17) is 9.47 Å². The number of benzene rings is 1. The summed E-state index contributed by atoms with van der Waals surface area (Å²) in [5, 5.41) is 9.92. The van der Waals surface area contributed by atoms with Gasteiger partial charge in [0, 0.05) is 13.5 Å². The van der Waals surface area contributed by atoms with Crippen molar-refractivity contribution in [1.82, 2.24) is 0 Å². The molecule has 0 aliphatic heterocycles. The van der Waals surface area contributed by atoms with Crippen LogP contribution in [0.3, 0.4) is 0 Å². The fraction of sp³-hybridized carbons (Fsp3) is 0.500. The summed E-state index contributed by atoms with van der Waals surface area (Å²) >= 11 is 0. The summed E-state index contributed by atoms with van der Waals surface area (Å²) in [5.41, 5.74) is -0.663. The molecule has 1 aromatic rings. The van der Waals surface area contributed by atoms with Gasteiger partial charge in [-0.1, -0.05) is 12.1 Å². The Balaban J connectivity index is 2.89. The average Bonchev–Trinajstić information content (AvgIpc) is 2.21. The first-order valence-corrected chi connectivity index (χ1v) is 5.03. The van der Waals surface area contributed by atoms with Crippen molar-refractivity contribution in [3.63, 3.8) is 0 Å². The van der Waals surface area contributed by atoms with Crippen molar-refractivity contribution in [3.8, 4) is 5.75 Å². The van der Waals surface area contributed by atoms with E-state index in [1.165, 1.54) is 14.2 Å². The van der Waals surface area contributed by atoms with E-state index in [2.05, 4.69) is 0 Å². The van der Waals surface area contributed by atoms with Gasteiger partial charge in [0.05, 0.1) is 19.3 Å². The zero-order valence-corrected chi connectivity index (χ0v) is 9.79. The smallest absolute Gasteiger partial charge is 0.168 e. The monoisotopic (exact) mass is 228 g/mol. The molecule has 0 radical (unpaired) electrons. The number of ether oxygens (including phenoxy) is 2. The number of aliphatic hydroxyl groups is 1. The van der Waals surface area contributed by atoms with E-state index in [9.17, 15) is 9.50 Å². The fourth-order valence-electron chi connectivity index (χ4n) is 1.62. The topological polar surface area (TPSA) is 38.7 Å². The summed E-state index contributed by atoms with van der Waals surface area (Å²) in [6.07, 6.45) is 0.184. The van der Waals surface area contributed by atoms with E-state index < -0.39 is 11.4 Å². The maximum absolute atomic E-state index is 13.8. The van der Waals surface area contributed by atoms with E-state index in [0.29, 0.717) is 5.56 Å². The summed E-state index contributed by atoms with van der Waals surface area (Å²) in [7, 11) is 2.91. The van der Waals surface area contributed by atoms with E-state index in [0.717, 1.165) is 0 Å².